The lowest BCUT2D eigenvalue weighted by Crippen LogP contribution is -2.07. The highest BCUT2D eigenvalue weighted by molar-refractivity contribution is 7.84. The molecule has 0 aliphatic carbocycles. The molecule has 0 aliphatic heterocycles. The predicted octanol–water partition coefficient (Wildman–Crippen LogP) is 2.85. The second-order valence-corrected chi connectivity index (χ2v) is 6.30. The van der Waals surface area contributed by atoms with E-state index in [4.69, 9.17) is 10.5 Å². The van der Waals surface area contributed by atoms with Gasteiger partial charge in [0.15, 0.2) is 0 Å². The van der Waals surface area contributed by atoms with Crippen LogP contribution in [0.4, 0.5) is 0 Å². The smallest absolute Gasteiger partial charge is 0.119 e. The van der Waals surface area contributed by atoms with Gasteiger partial charge in [0.25, 0.3) is 0 Å². The van der Waals surface area contributed by atoms with Crippen molar-refractivity contribution in [2.45, 2.75) is 39.2 Å². The monoisotopic (exact) mass is 283 g/mol. The summed E-state index contributed by atoms with van der Waals surface area (Å²) in [7, 11) is -0.681. The first kappa shape index (κ1) is 16.2. The van der Waals surface area contributed by atoms with E-state index in [9.17, 15) is 4.21 Å². The van der Waals surface area contributed by atoms with Crippen LogP contribution in [0.1, 0.15) is 38.2 Å². The highest BCUT2D eigenvalue weighted by Crippen LogP contribution is 2.12. The van der Waals surface area contributed by atoms with Crippen LogP contribution in [0.5, 0.6) is 5.75 Å². The Morgan fingerprint density at radius 1 is 1.11 bits per heavy atom. The Bertz CT molecular complexity index is 365. The predicted molar refractivity (Wildman–Crippen MR) is 81.8 cm³/mol. The molecular weight excluding hydrogens is 258 g/mol. The Morgan fingerprint density at radius 3 is 2.42 bits per heavy atom. The van der Waals surface area contributed by atoms with Gasteiger partial charge in [-0.25, -0.2) is 0 Å². The Balaban J connectivity index is 2.11. The molecule has 0 saturated carbocycles. The third-order valence-corrected chi connectivity index (χ3v) is 4.41. The van der Waals surface area contributed by atoms with Crippen LogP contribution in [-0.4, -0.2) is 22.3 Å². The first-order valence-corrected chi connectivity index (χ1v) is 8.52. The van der Waals surface area contributed by atoms with E-state index in [-0.39, 0.29) is 0 Å². The van der Waals surface area contributed by atoms with Gasteiger partial charge in [-0.15, -0.1) is 0 Å². The highest BCUT2D eigenvalue weighted by Gasteiger charge is 2.00. The maximum absolute atomic E-state index is 11.7. The molecule has 1 aromatic carbocycles. The fourth-order valence-electron chi connectivity index (χ4n) is 1.75. The largest absolute Gasteiger partial charge is 0.494 e. The van der Waals surface area contributed by atoms with Gasteiger partial charge in [0.1, 0.15) is 5.75 Å². The third-order valence-electron chi connectivity index (χ3n) is 2.92. The number of rotatable bonds is 10. The summed E-state index contributed by atoms with van der Waals surface area (Å²) in [5, 5.41) is 0. The SMILES string of the molecule is CCCCCS(=O)CCCOc1ccc(CN)cc1. The molecule has 1 rings (SSSR count). The van der Waals surface area contributed by atoms with E-state index in [0.29, 0.717) is 13.2 Å². The summed E-state index contributed by atoms with van der Waals surface area (Å²) < 4.78 is 17.3. The lowest BCUT2D eigenvalue weighted by Gasteiger charge is -2.07. The van der Waals surface area contributed by atoms with Gasteiger partial charge in [0, 0.05) is 28.9 Å². The molecule has 1 atom stereocenters. The maximum Gasteiger partial charge on any atom is 0.119 e. The number of unbranched alkanes of at least 4 members (excludes halogenated alkanes) is 2. The fourth-order valence-corrected chi connectivity index (χ4v) is 2.92. The molecule has 19 heavy (non-hydrogen) atoms. The van der Waals surface area contributed by atoms with Gasteiger partial charge in [-0.1, -0.05) is 31.9 Å². The molecule has 0 heterocycles. The van der Waals surface area contributed by atoms with E-state index in [1.165, 1.54) is 12.8 Å². The lowest BCUT2D eigenvalue weighted by molar-refractivity contribution is 0.318. The average molecular weight is 283 g/mol. The van der Waals surface area contributed by atoms with Crippen molar-refractivity contribution in [3.05, 3.63) is 29.8 Å². The summed E-state index contributed by atoms with van der Waals surface area (Å²) in [6, 6.07) is 7.80. The van der Waals surface area contributed by atoms with E-state index in [0.717, 1.165) is 35.7 Å². The van der Waals surface area contributed by atoms with Crippen LogP contribution in [0.2, 0.25) is 0 Å². The Kier molecular flexibility index (Phi) is 8.50. The second kappa shape index (κ2) is 9.98. The zero-order valence-electron chi connectivity index (χ0n) is 11.8. The van der Waals surface area contributed by atoms with Crippen molar-refractivity contribution in [3.63, 3.8) is 0 Å². The molecular formula is C15H25NO2S. The van der Waals surface area contributed by atoms with Gasteiger partial charge in [0.2, 0.25) is 0 Å². The van der Waals surface area contributed by atoms with Crippen LogP contribution < -0.4 is 10.5 Å². The molecule has 108 valence electrons. The molecule has 0 fully saturated rings. The minimum Gasteiger partial charge on any atom is -0.494 e. The number of benzene rings is 1. The normalized spacial score (nSPS) is 12.3. The highest BCUT2D eigenvalue weighted by atomic mass is 32.2. The molecule has 4 heteroatoms. The van der Waals surface area contributed by atoms with Crippen LogP contribution in [0.3, 0.4) is 0 Å². The van der Waals surface area contributed by atoms with Crippen molar-refractivity contribution >= 4 is 10.8 Å². The zero-order chi connectivity index (χ0) is 13.9. The number of hydrogen-bond donors (Lipinski definition) is 1. The summed E-state index contributed by atoms with van der Waals surface area (Å²) in [6.07, 6.45) is 4.27. The van der Waals surface area contributed by atoms with Gasteiger partial charge in [-0.3, -0.25) is 4.21 Å². The van der Waals surface area contributed by atoms with Gasteiger partial charge < -0.3 is 10.5 Å². The molecule has 1 unspecified atom stereocenters. The van der Waals surface area contributed by atoms with Crippen LogP contribution in [0, 0.1) is 0 Å². The van der Waals surface area contributed by atoms with Crippen LogP contribution in [0.25, 0.3) is 0 Å². The maximum atomic E-state index is 11.7. The van der Waals surface area contributed by atoms with E-state index >= 15 is 0 Å². The molecule has 0 aromatic heterocycles. The first-order valence-electron chi connectivity index (χ1n) is 7.03. The van der Waals surface area contributed by atoms with Crippen LogP contribution in [0.15, 0.2) is 24.3 Å². The average Bonchev–Trinajstić information content (AvgIpc) is 2.44. The van der Waals surface area contributed by atoms with Crippen LogP contribution >= 0.6 is 0 Å². The van der Waals surface area contributed by atoms with E-state index < -0.39 is 10.8 Å². The van der Waals surface area contributed by atoms with Crippen molar-refractivity contribution in [2.75, 3.05) is 18.1 Å². The lowest BCUT2D eigenvalue weighted by atomic mass is 10.2. The van der Waals surface area contributed by atoms with Crippen molar-refractivity contribution in [2.24, 2.45) is 5.73 Å². The Hall–Kier alpha value is -0.870. The molecule has 2 N–H and O–H groups in total. The van der Waals surface area contributed by atoms with Crippen molar-refractivity contribution in [3.8, 4) is 5.75 Å². The number of hydrogen-bond acceptors (Lipinski definition) is 3. The minimum atomic E-state index is -0.681. The van der Waals surface area contributed by atoms with Gasteiger partial charge in [-0.05, 0) is 30.5 Å². The number of nitrogens with two attached hydrogens (primary N) is 1. The fraction of sp³-hybridized carbons (Fsp3) is 0.600. The Labute approximate surface area is 119 Å². The van der Waals surface area contributed by atoms with E-state index in [2.05, 4.69) is 6.92 Å². The molecule has 0 spiro atoms. The van der Waals surface area contributed by atoms with Gasteiger partial charge >= 0.3 is 0 Å². The molecule has 0 amide bonds. The van der Waals surface area contributed by atoms with Crippen molar-refractivity contribution in [1.82, 2.24) is 0 Å². The summed E-state index contributed by atoms with van der Waals surface area (Å²) in [5.41, 5.74) is 6.63. The summed E-state index contributed by atoms with van der Waals surface area (Å²) in [5.74, 6) is 2.43. The quantitative estimate of drug-likeness (QED) is 0.672. The van der Waals surface area contributed by atoms with Gasteiger partial charge in [-0.2, -0.15) is 0 Å². The van der Waals surface area contributed by atoms with E-state index in [1.807, 2.05) is 24.3 Å². The minimum absolute atomic E-state index is 0.553. The molecule has 1 aromatic rings. The summed E-state index contributed by atoms with van der Waals surface area (Å²) >= 11 is 0. The molecule has 0 saturated heterocycles. The summed E-state index contributed by atoms with van der Waals surface area (Å²) in [6.45, 7) is 3.34. The molecule has 0 aliphatic rings. The number of ether oxygens (including phenoxy) is 1. The van der Waals surface area contributed by atoms with Crippen molar-refractivity contribution in [1.29, 1.82) is 0 Å². The molecule has 0 radical (unpaired) electrons. The molecule has 0 bridgehead atoms. The Morgan fingerprint density at radius 2 is 1.79 bits per heavy atom. The zero-order valence-corrected chi connectivity index (χ0v) is 12.6. The third kappa shape index (κ3) is 7.33. The standard InChI is InChI=1S/C15H25NO2S/c1-2-3-4-11-19(17)12-5-10-18-15-8-6-14(13-16)7-9-15/h6-9H,2-5,10-13,16H2,1H3. The second-order valence-electron chi connectivity index (χ2n) is 4.61. The molecule has 3 nitrogen and oxygen atoms in total. The van der Waals surface area contributed by atoms with E-state index in [1.54, 1.807) is 0 Å². The summed E-state index contributed by atoms with van der Waals surface area (Å²) in [4.78, 5) is 0. The van der Waals surface area contributed by atoms with Crippen molar-refractivity contribution < 1.29 is 8.95 Å². The first-order chi connectivity index (χ1) is 9.26. The van der Waals surface area contributed by atoms with Gasteiger partial charge in [0.05, 0.1) is 6.61 Å². The topological polar surface area (TPSA) is 52.3 Å². The van der Waals surface area contributed by atoms with Crippen LogP contribution in [-0.2, 0) is 17.3 Å².